The zero-order valence-corrected chi connectivity index (χ0v) is 14.0. The van der Waals surface area contributed by atoms with Crippen molar-refractivity contribution < 1.29 is 8.42 Å². The first-order valence-electron chi connectivity index (χ1n) is 6.78. The van der Waals surface area contributed by atoms with Crippen molar-refractivity contribution in [2.24, 2.45) is 5.92 Å². The second kappa shape index (κ2) is 6.57. The maximum absolute atomic E-state index is 12.2. The van der Waals surface area contributed by atoms with Gasteiger partial charge >= 0.3 is 0 Å². The van der Waals surface area contributed by atoms with Gasteiger partial charge in [-0.1, -0.05) is 13.8 Å². The average molecular weight is 316 g/mol. The number of anilines is 1. The Morgan fingerprint density at radius 3 is 2.52 bits per heavy atom. The summed E-state index contributed by atoms with van der Waals surface area (Å²) in [5.74, 6) is 0.572. The Bertz CT molecular complexity index is 635. The van der Waals surface area contributed by atoms with Crippen LogP contribution in [0.1, 0.15) is 27.7 Å². The standard InChI is InChI=1S/C13H24N4O3S/c1-10(2)8-17-7-6-14-11(12(17)18)15-9-13(3,4)16-21(5,19)20/h6-7,10,16H,8-9H2,1-5H3,(H,14,15). The summed E-state index contributed by atoms with van der Waals surface area (Å²) in [6, 6.07) is 0. The highest BCUT2D eigenvalue weighted by Crippen LogP contribution is 2.05. The number of hydrogen-bond donors (Lipinski definition) is 2. The van der Waals surface area contributed by atoms with Crippen molar-refractivity contribution in [1.82, 2.24) is 14.3 Å². The van der Waals surface area contributed by atoms with Crippen molar-refractivity contribution in [3.8, 4) is 0 Å². The Morgan fingerprint density at radius 1 is 1.38 bits per heavy atom. The van der Waals surface area contributed by atoms with E-state index in [4.69, 9.17) is 0 Å². The third-order valence-corrected chi connectivity index (χ3v) is 3.56. The fraction of sp³-hybridized carbons (Fsp3) is 0.692. The third kappa shape index (κ3) is 6.26. The minimum atomic E-state index is -3.31. The van der Waals surface area contributed by atoms with E-state index >= 15 is 0 Å². The molecule has 0 aliphatic carbocycles. The molecule has 0 radical (unpaired) electrons. The van der Waals surface area contributed by atoms with Crippen LogP contribution < -0.4 is 15.6 Å². The molecule has 0 aliphatic heterocycles. The Morgan fingerprint density at radius 2 is 2.00 bits per heavy atom. The van der Waals surface area contributed by atoms with E-state index in [0.717, 1.165) is 6.26 Å². The largest absolute Gasteiger partial charge is 0.364 e. The van der Waals surface area contributed by atoms with E-state index in [-0.39, 0.29) is 17.9 Å². The fourth-order valence-corrected chi connectivity index (χ4v) is 3.02. The summed E-state index contributed by atoms with van der Waals surface area (Å²) in [6.45, 7) is 8.39. The van der Waals surface area contributed by atoms with Crippen molar-refractivity contribution in [1.29, 1.82) is 0 Å². The Kier molecular flexibility index (Phi) is 5.52. The normalized spacial score (nSPS) is 12.7. The first-order valence-corrected chi connectivity index (χ1v) is 8.67. The zero-order valence-electron chi connectivity index (χ0n) is 13.2. The van der Waals surface area contributed by atoms with Crippen molar-refractivity contribution in [2.75, 3.05) is 18.1 Å². The first-order chi connectivity index (χ1) is 9.50. The molecule has 1 aromatic rings. The lowest BCUT2D eigenvalue weighted by Gasteiger charge is -2.25. The monoisotopic (exact) mass is 316 g/mol. The molecule has 0 spiro atoms. The van der Waals surface area contributed by atoms with Crippen LogP contribution in [0.4, 0.5) is 5.82 Å². The van der Waals surface area contributed by atoms with E-state index in [9.17, 15) is 13.2 Å². The summed E-state index contributed by atoms with van der Waals surface area (Å²) in [5, 5.41) is 2.92. The lowest BCUT2D eigenvalue weighted by atomic mass is 10.1. The summed E-state index contributed by atoms with van der Waals surface area (Å²) in [5.41, 5.74) is -0.929. The van der Waals surface area contributed by atoms with Crippen LogP contribution in [0.3, 0.4) is 0 Å². The van der Waals surface area contributed by atoms with Crippen molar-refractivity contribution in [3.05, 3.63) is 22.7 Å². The third-order valence-electron chi connectivity index (χ3n) is 2.63. The number of aromatic nitrogens is 2. The van der Waals surface area contributed by atoms with E-state index in [0.29, 0.717) is 12.5 Å². The summed E-state index contributed by atoms with van der Waals surface area (Å²) in [6.07, 6.45) is 4.31. The van der Waals surface area contributed by atoms with Crippen LogP contribution in [-0.4, -0.2) is 36.3 Å². The molecule has 0 saturated carbocycles. The van der Waals surface area contributed by atoms with Gasteiger partial charge in [-0.15, -0.1) is 0 Å². The second-order valence-electron chi connectivity index (χ2n) is 6.24. The Balaban J connectivity index is 2.83. The predicted molar refractivity (Wildman–Crippen MR) is 83.9 cm³/mol. The minimum absolute atomic E-state index is 0.207. The van der Waals surface area contributed by atoms with E-state index < -0.39 is 15.6 Å². The molecule has 2 N–H and O–H groups in total. The highest BCUT2D eigenvalue weighted by atomic mass is 32.2. The molecule has 0 aromatic carbocycles. The molecule has 1 rings (SSSR count). The summed E-state index contributed by atoms with van der Waals surface area (Å²) in [4.78, 5) is 16.2. The van der Waals surface area contributed by atoms with Gasteiger partial charge in [-0.05, 0) is 19.8 Å². The van der Waals surface area contributed by atoms with Gasteiger partial charge in [-0.3, -0.25) is 4.79 Å². The lowest BCUT2D eigenvalue weighted by Crippen LogP contribution is -2.48. The molecule has 7 nitrogen and oxygen atoms in total. The number of nitrogens with zero attached hydrogens (tertiary/aromatic N) is 2. The van der Waals surface area contributed by atoms with Crippen molar-refractivity contribution >= 4 is 15.8 Å². The molecule has 0 fully saturated rings. The smallest absolute Gasteiger partial charge is 0.293 e. The van der Waals surface area contributed by atoms with E-state index in [1.807, 2.05) is 13.8 Å². The predicted octanol–water partition coefficient (Wildman–Crippen LogP) is 0.639. The van der Waals surface area contributed by atoms with Gasteiger partial charge in [0.05, 0.1) is 6.26 Å². The van der Waals surface area contributed by atoms with Gasteiger partial charge in [0.2, 0.25) is 10.0 Å². The van der Waals surface area contributed by atoms with Crippen LogP contribution >= 0.6 is 0 Å². The van der Waals surface area contributed by atoms with E-state index in [1.54, 1.807) is 30.8 Å². The van der Waals surface area contributed by atoms with Gasteiger partial charge in [0.1, 0.15) is 0 Å². The zero-order chi connectivity index (χ0) is 16.3. The molecule has 0 atom stereocenters. The average Bonchev–Trinajstić information content (AvgIpc) is 2.26. The highest BCUT2D eigenvalue weighted by Gasteiger charge is 2.22. The molecule has 0 amide bonds. The molecule has 120 valence electrons. The molecular weight excluding hydrogens is 292 g/mol. The van der Waals surface area contributed by atoms with Crippen molar-refractivity contribution in [2.45, 2.75) is 39.8 Å². The summed E-state index contributed by atoms with van der Waals surface area (Å²) in [7, 11) is -3.31. The van der Waals surface area contributed by atoms with Crippen LogP contribution in [0.25, 0.3) is 0 Å². The minimum Gasteiger partial charge on any atom is -0.364 e. The number of hydrogen-bond acceptors (Lipinski definition) is 5. The molecule has 0 unspecified atom stereocenters. The SMILES string of the molecule is CC(C)Cn1ccnc(NCC(C)(C)NS(C)(=O)=O)c1=O. The van der Waals surface area contributed by atoms with Gasteiger partial charge in [-0.2, -0.15) is 0 Å². The van der Waals surface area contributed by atoms with Crippen LogP contribution in [0.5, 0.6) is 0 Å². The van der Waals surface area contributed by atoms with Crippen LogP contribution in [0.2, 0.25) is 0 Å². The van der Waals surface area contributed by atoms with Crippen molar-refractivity contribution in [3.63, 3.8) is 0 Å². The Hall–Kier alpha value is -1.41. The highest BCUT2D eigenvalue weighted by molar-refractivity contribution is 7.88. The number of sulfonamides is 1. The maximum atomic E-state index is 12.2. The summed E-state index contributed by atoms with van der Waals surface area (Å²) >= 11 is 0. The topological polar surface area (TPSA) is 93.1 Å². The Labute approximate surface area is 125 Å². The molecule has 0 aliphatic rings. The second-order valence-corrected chi connectivity index (χ2v) is 7.99. The molecule has 1 aromatic heterocycles. The summed E-state index contributed by atoms with van der Waals surface area (Å²) < 4.78 is 26.7. The number of rotatable bonds is 7. The quantitative estimate of drug-likeness (QED) is 0.770. The lowest BCUT2D eigenvalue weighted by molar-refractivity contribution is 0.474. The van der Waals surface area contributed by atoms with Gasteiger partial charge in [0, 0.05) is 31.0 Å². The molecule has 8 heteroatoms. The van der Waals surface area contributed by atoms with Gasteiger partial charge in [0.25, 0.3) is 5.56 Å². The molecule has 1 heterocycles. The maximum Gasteiger partial charge on any atom is 0.293 e. The van der Waals surface area contributed by atoms with Gasteiger partial charge in [0.15, 0.2) is 5.82 Å². The van der Waals surface area contributed by atoms with Gasteiger partial charge in [-0.25, -0.2) is 18.1 Å². The molecule has 0 saturated heterocycles. The molecule has 0 bridgehead atoms. The number of nitrogens with one attached hydrogen (secondary N) is 2. The van der Waals surface area contributed by atoms with Gasteiger partial charge < -0.3 is 9.88 Å². The molecule has 21 heavy (non-hydrogen) atoms. The van der Waals surface area contributed by atoms with Crippen LogP contribution in [-0.2, 0) is 16.6 Å². The molecular formula is C13H24N4O3S. The fourth-order valence-electron chi connectivity index (χ4n) is 1.95. The van der Waals surface area contributed by atoms with E-state index in [2.05, 4.69) is 15.0 Å². The first kappa shape index (κ1) is 17.6. The van der Waals surface area contributed by atoms with E-state index in [1.165, 1.54) is 0 Å². The van der Waals surface area contributed by atoms with Crippen LogP contribution in [0, 0.1) is 5.92 Å². The van der Waals surface area contributed by atoms with Crippen LogP contribution in [0.15, 0.2) is 17.2 Å².